The minimum Gasteiger partial charge on any atom is -0.399 e. The predicted octanol–water partition coefficient (Wildman–Crippen LogP) is 3.18. The maximum atomic E-state index is 8.17. The van der Waals surface area contributed by atoms with Gasteiger partial charge in [-0.15, -0.1) is 0 Å². The van der Waals surface area contributed by atoms with E-state index < -0.39 is 0 Å². The molecule has 0 aliphatic heterocycles. The van der Waals surface area contributed by atoms with Crippen LogP contribution in [0.15, 0.2) is 54.8 Å². The summed E-state index contributed by atoms with van der Waals surface area (Å²) in [5, 5.41) is 8.68. The molecule has 0 saturated heterocycles. The maximum Gasteiger partial charge on any atom is 0.0951 e. The Balaban J connectivity index is 2.84. The zero-order valence-corrected chi connectivity index (χ0v) is 12.2. The number of nitrogens with one attached hydrogen (secondary N) is 1. The molecule has 4 heteroatoms. The van der Waals surface area contributed by atoms with Crippen LogP contribution >= 0.6 is 11.8 Å². The molecule has 0 saturated carbocycles. The molecule has 1 aromatic rings. The van der Waals surface area contributed by atoms with Gasteiger partial charge in [0.15, 0.2) is 0 Å². The van der Waals surface area contributed by atoms with Gasteiger partial charge < -0.3 is 10.5 Å². The molecule has 1 rings (SSSR count). The maximum absolute atomic E-state index is 8.17. The van der Waals surface area contributed by atoms with Crippen LogP contribution in [0.3, 0.4) is 0 Å². The summed E-state index contributed by atoms with van der Waals surface area (Å²) in [6.45, 7) is 6.15. The van der Waals surface area contributed by atoms with Gasteiger partial charge in [0, 0.05) is 18.4 Å². The Kier molecular flexibility index (Phi) is 5.86. The van der Waals surface area contributed by atoms with Crippen LogP contribution in [0.1, 0.15) is 12.5 Å². The van der Waals surface area contributed by atoms with Gasteiger partial charge in [-0.1, -0.05) is 54.7 Å². The van der Waals surface area contributed by atoms with E-state index in [4.69, 9.17) is 15.9 Å². The van der Waals surface area contributed by atoms with Crippen molar-refractivity contribution in [2.75, 3.05) is 13.7 Å². The summed E-state index contributed by atoms with van der Waals surface area (Å²) in [5.74, 6) is 0. The summed E-state index contributed by atoms with van der Waals surface area (Å²) in [4.78, 5) is 0. The van der Waals surface area contributed by atoms with Crippen molar-refractivity contribution < 1.29 is 4.74 Å². The summed E-state index contributed by atoms with van der Waals surface area (Å²) in [7, 11) is 1.65. The largest absolute Gasteiger partial charge is 0.399 e. The van der Waals surface area contributed by atoms with Crippen LogP contribution in [0.2, 0.25) is 0 Å². The Morgan fingerprint density at radius 1 is 1.47 bits per heavy atom. The lowest BCUT2D eigenvalue weighted by Gasteiger charge is -2.24. The minimum absolute atomic E-state index is 0.343. The quantitative estimate of drug-likeness (QED) is 0.476. The third-order valence-corrected chi connectivity index (χ3v) is 3.61. The molecule has 3 nitrogen and oxygen atoms in total. The van der Waals surface area contributed by atoms with Crippen LogP contribution in [0.5, 0.6) is 0 Å². The fraction of sp³-hybridized carbons (Fsp3) is 0.267. The smallest absolute Gasteiger partial charge is 0.0951 e. The molecule has 0 fully saturated rings. The van der Waals surface area contributed by atoms with Crippen LogP contribution < -0.4 is 5.73 Å². The highest BCUT2D eigenvalue weighted by atomic mass is 32.2. The van der Waals surface area contributed by atoms with Gasteiger partial charge in [0.05, 0.1) is 16.4 Å². The molecule has 1 aromatic carbocycles. The molecule has 0 amide bonds. The van der Waals surface area contributed by atoms with E-state index in [-0.39, 0.29) is 4.75 Å². The number of hydrogen-bond donors (Lipinski definition) is 2. The lowest BCUT2D eigenvalue weighted by Crippen LogP contribution is -2.26. The predicted molar refractivity (Wildman–Crippen MR) is 83.6 cm³/mol. The van der Waals surface area contributed by atoms with Crippen molar-refractivity contribution >= 4 is 16.8 Å². The Hall–Kier alpha value is -1.52. The fourth-order valence-corrected chi connectivity index (χ4v) is 2.60. The molecule has 0 aliphatic carbocycles. The molecule has 0 heterocycles. The molecule has 0 aromatic heterocycles. The second-order valence-electron chi connectivity index (χ2n) is 4.45. The first-order valence-electron chi connectivity index (χ1n) is 5.92. The zero-order valence-electron chi connectivity index (χ0n) is 11.3. The first kappa shape index (κ1) is 15.5. The van der Waals surface area contributed by atoms with Crippen molar-refractivity contribution in [3.05, 3.63) is 60.3 Å². The molecule has 3 N–H and O–H groups in total. The van der Waals surface area contributed by atoms with Gasteiger partial charge in [-0.25, -0.2) is 0 Å². The van der Waals surface area contributed by atoms with Gasteiger partial charge >= 0.3 is 0 Å². The van der Waals surface area contributed by atoms with Crippen molar-refractivity contribution in [3.63, 3.8) is 0 Å². The van der Waals surface area contributed by atoms with Gasteiger partial charge in [0.1, 0.15) is 0 Å². The number of ether oxygens (including phenoxy) is 1. The van der Waals surface area contributed by atoms with Gasteiger partial charge in [-0.05, 0) is 13.0 Å². The van der Waals surface area contributed by atoms with Gasteiger partial charge in [0.2, 0.25) is 0 Å². The van der Waals surface area contributed by atoms with Crippen molar-refractivity contribution in [3.8, 4) is 0 Å². The summed E-state index contributed by atoms with van der Waals surface area (Å²) in [5.41, 5.74) is 6.95. The lowest BCUT2D eigenvalue weighted by molar-refractivity contribution is 0.187. The average molecular weight is 276 g/mol. The molecule has 1 unspecified atom stereocenters. The molecule has 0 bridgehead atoms. The van der Waals surface area contributed by atoms with E-state index in [0.29, 0.717) is 17.3 Å². The topological polar surface area (TPSA) is 59.1 Å². The monoisotopic (exact) mass is 276 g/mol. The van der Waals surface area contributed by atoms with Crippen LogP contribution in [-0.4, -0.2) is 23.5 Å². The second-order valence-corrected chi connectivity index (χ2v) is 6.00. The van der Waals surface area contributed by atoms with E-state index in [0.717, 1.165) is 5.56 Å². The number of hydrogen-bond acceptors (Lipinski definition) is 4. The first-order valence-corrected chi connectivity index (χ1v) is 6.74. The fourth-order valence-electron chi connectivity index (χ4n) is 1.56. The molecule has 19 heavy (non-hydrogen) atoms. The average Bonchev–Trinajstić information content (AvgIpc) is 2.38. The highest BCUT2D eigenvalue weighted by molar-refractivity contribution is 8.15. The van der Waals surface area contributed by atoms with Crippen LogP contribution in [-0.2, 0) is 4.74 Å². The second kappa shape index (κ2) is 7.16. The van der Waals surface area contributed by atoms with Gasteiger partial charge in [-0.2, -0.15) is 0 Å². The zero-order chi connectivity index (χ0) is 14.3. The minimum atomic E-state index is -0.343. The van der Waals surface area contributed by atoms with E-state index in [9.17, 15) is 0 Å². The van der Waals surface area contributed by atoms with Crippen LogP contribution in [0, 0.1) is 5.41 Å². The van der Waals surface area contributed by atoms with Crippen molar-refractivity contribution in [1.29, 1.82) is 5.41 Å². The number of rotatable bonds is 6. The van der Waals surface area contributed by atoms with E-state index in [1.54, 1.807) is 13.2 Å². The van der Waals surface area contributed by atoms with Crippen molar-refractivity contribution in [2.24, 2.45) is 5.73 Å². The van der Waals surface area contributed by atoms with E-state index in [2.05, 4.69) is 6.58 Å². The Labute approximate surface area is 119 Å². The molecular weight excluding hydrogens is 256 g/mol. The number of thioether (sulfide) groups is 1. The van der Waals surface area contributed by atoms with E-state index >= 15 is 0 Å². The molecule has 102 valence electrons. The summed E-state index contributed by atoms with van der Waals surface area (Å²) < 4.78 is 4.89. The van der Waals surface area contributed by atoms with Gasteiger partial charge in [-0.3, -0.25) is 5.41 Å². The first-order chi connectivity index (χ1) is 8.97. The Morgan fingerprint density at radius 3 is 2.63 bits per heavy atom. The molecule has 1 atom stereocenters. The molecule has 0 radical (unpaired) electrons. The summed E-state index contributed by atoms with van der Waals surface area (Å²) in [6.07, 6.45) is 3.69. The normalized spacial score (nSPS) is 14.2. The van der Waals surface area contributed by atoms with Crippen LogP contribution in [0.4, 0.5) is 0 Å². The lowest BCUT2D eigenvalue weighted by atomic mass is 10.1. The Bertz CT molecular complexity index is 470. The third kappa shape index (κ3) is 5.32. The molecular formula is C15H20N2OS. The van der Waals surface area contributed by atoms with E-state index in [1.807, 2.05) is 43.3 Å². The number of nitrogens with two attached hydrogens (primary N) is 1. The Morgan fingerprint density at radius 2 is 2.11 bits per heavy atom. The van der Waals surface area contributed by atoms with Gasteiger partial charge in [0.25, 0.3) is 0 Å². The SMILES string of the molecule is C=C(N)C=CC(C)(COC)SC(=N)c1ccccc1. The molecule has 0 aliphatic rings. The van der Waals surface area contributed by atoms with E-state index in [1.165, 1.54) is 11.8 Å². The standard InChI is InChI=1S/C15H20N2OS/c1-12(16)9-10-15(2,11-18-3)19-14(17)13-7-5-4-6-8-13/h4-10,17H,1,11,16H2,2-3H3. The number of allylic oxidation sites excluding steroid dienone is 1. The summed E-state index contributed by atoms with van der Waals surface area (Å²) in [6, 6.07) is 9.64. The highest BCUT2D eigenvalue weighted by Gasteiger charge is 2.24. The summed E-state index contributed by atoms with van der Waals surface area (Å²) >= 11 is 1.44. The van der Waals surface area contributed by atoms with Crippen molar-refractivity contribution in [1.82, 2.24) is 0 Å². The number of benzene rings is 1. The van der Waals surface area contributed by atoms with Crippen molar-refractivity contribution in [2.45, 2.75) is 11.7 Å². The molecule has 0 spiro atoms. The number of methoxy groups -OCH3 is 1. The highest BCUT2D eigenvalue weighted by Crippen LogP contribution is 2.30. The van der Waals surface area contributed by atoms with Crippen LogP contribution in [0.25, 0.3) is 0 Å². The third-order valence-electron chi connectivity index (χ3n) is 2.45.